The summed E-state index contributed by atoms with van der Waals surface area (Å²) < 4.78 is 27.8. The van der Waals surface area contributed by atoms with E-state index < -0.39 is 10.0 Å². The van der Waals surface area contributed by atoms with Crippen LogP contribution in [0.5, 0.6) is 0 Å². The van der Waals surface area contributed by atoms with Gasteiger partial charge in [-0.15, -0.1) is 0 Å². The number of nitrogens with one attached hydrogen (secondary N) is 1. The van der Waals surface area contributed by atoms with Gasteiger partial charge in [0, 0.05) is 17.0 Å². The van der Waals surface area contributed by atoms with Crippen molar-refractivity contribution < 1.29 is 8.42 Å². The average Bonchev–Trinajstić information content (AvgIpc) is 2.73. The van der Waals surface area contributed by atoms with Gasteiger partial charge in [0.25, 0.3) is 0 Å². The Labute approximate surface area is 125 Å². The van der Waals surface area contributed by atoms with E-state index in [1.807, 2.05) is 11.8 Å². The molecule has 1 saturated heterocycles. The summed E-state index contributed by atoms with van der Waals surface area (Å²) >= 11 is 1.84. The van der Waals surface area contributed by atoms with Gasteiger partial charge in [-0.05, 0) is 62.6 Å². The zero-order valence-corrected chi connectivity index (χ0v) is 13.8. The maximum absolute atomic E-state index is 12.5. The van der Waals surface area contributed by atoms with Crippen LogP contribution in [0.2, 0.25) is 0 Å². The monoisotopic (exact) mass is 314 g/mol. The molecule has 1 atom stereocenters. The Kier molecular flexibility index (Phi) is 4.37. The molecule has 0 saturated carbocycles. The van der Waals surface area contributed by atoms with Crippen molar-refractivity contribution in [1.29, 1.82) is 0 Å². The fourth-order valence-electron chi connectivity index (χ4n) is 2.70. The van der Waals surface area contributed by atoms with Gasteiger partial charge in [0.15, 0.2) is 0 Å². The zero-order valence-electron chi connectivity index (χ0n) is 12.2. The summed E-state index contributed by atoms with van der Waals surface area (Å²) in [7, 11) is -3.48. The molecule has 0 amide bonds. The first-order chi connectivity index (χ1) is 9.23. The van der Waals surface area contributed by atoms with Crippen LogP contribution in [0.1, 0.15) is 30.9 Å². The molecule has 20 heavy (non-hydrogen) atoms. The first-order valence-corrected chi connectivity index (χ1v) is 9.21. The van der Waals surface area contributed by atoms with Gasteiger partial charge >= 0.3 is 0 Å². The molecule has 1 aromatic carbocycles. The van der Waals surface area contributed by atoms with E-state index in [-0.39, 0.29) is 4.75 Å². The van der Waals surface area contributed by atoms with Crippen molar-refractivity contribution in [1.82, 2.24) is 4.72 Å². The molecule has 0 aliphatic carbocycles. The lowest BCUT2D eigenvalue weighted by Gasteiger charge is -2.23. The second-order valence-electron chi connectivity index (χ2n) is 5.71. The largest absolute Gasteiger partial charge is 0.399 e. The van der Waals surface area contributed by atoms with Gasteiger partial charge in [-0.1, -0.05) is 0 Å². The molecule has 0 aromatic heterocycles. The third-order valence-electron chi connectivity index (χ3n) is 3.69. The Bertz CT molecular complexity index is 583. The van der Waals surface area contributed by atoms with E-state index in [1.165, 1.54) is 0 Å². The number of thioether (sulfide) groups is 1. The van der Waals surface area contributed by atoms with Crippen molar-refractivity contribution in [3.05, 3.63) is 23.3 Å². The topological polar surface area (TPSA) is 72.2 Å². The van der Waals surface area contributed by atoms with Crippen LogP contribution < -0.4 is 10.5 Å². The van der Waals surface area contributed by atoms with Gasteiger partial charge in [-0.2, -0.15) is 11.8 Å². The second-order valence-corrected chi connectivity index (χ2v) is 9.10. The molecule has 1 heterocycles. The van der Waals surface area contributed by atoms with Gasteiger partial charge in [0.1, 0.15) is 0 Å². The quantitative estimate of drug-likeness (QED) is 0.837. The summed E-state index contributed by atoms with van der Waals surface area (Å²) in [6.07, 6.45) is 2.21. The van der Waals surface area contributed by atoms with Crippen molar-refractivity contribution >= 4 is 27.5 Å². The lowest BCUT2D eigenvalue weighted by Crippen LogP contribution is -2.37. The predicted octanol–water partition coefficient (Wildman–Crippen LogP) is 2.45. The Morgan fingerprint density at radius 1 is 1.35 bits per heavy atom. The van der Waals surface area contributed by atoms with E-state index in [0.29, 0.717) is 28.3 Å². The Balaban J connectivity index is 2.23. The Hall–Kier alpha value is -0.720. The minimum atomic E-state index is -3.48. The van der Waals surface area contributed by atoms with Crippen LogP contribution in [0, 0.1) is 13.8 Å². The fraction of sp³-hybridized carbons (Fsp3) is 0.571. The number of anilines is 1. The number of nitrogens with two attached hydrogens (primary N) is 1. The standard InChI is InChI=1S/C14H22N2O2S2/c1-10-7-12(15)8-11(2)13(10)20(17,18)16-9-14(3)5-4-6-19-14/h7-8,16H,4-6,9,15H2,1-3H3. The smallest absolute Gasteiger partial charge is 0.241 e. The summed E-state index contributed by atoms with van der Waals surface area (Å²) in [5.41, 5.74) is 7.73. The number of aryl methyl sites for hydroxylation is 2. The van der Waals surface area contributed by atoms with Crippen LogP contribution >= 0.6 is 11.8 Å². The molecule has 0 spiro atoms. The molecule has 112 valence electrons. The average molecular weight is 314 g/mol. The summed E-state index contributed by atoms with van der Waals surface area (Å²) in [5.74, 6) is 1.11. The third kappa shape index (κ3) is 3.30. The van der Waals surface area contributed by atoms with Gasteiger partial charge in [0.05, 0.1) is 4.90 Å². The highest BCUT2D eigenvalue weighted by Gasteiger charge is 2.31. The summed E-state index contributed by atoms with van der Waals surface area (Å²) in [5, 5.41) is 0. The minimum absolute atomic E-state index is 0.0166. The molecule has 1 unspecified atom stereocenters. The summed E-state index contributed by atoms with van der Waals surface area (Å²) in [6.45, 7) is 6.16. The number of hydrogen-bond acceptors (Lipinski definition) is 4. The van der Waals surface area contributed by atoms with E-state index in [0.717, 1.165) is 18.6 Å². The third-order valence-corrected chi connectivity index (χ3v) is 6.93. The highest BCUT2D eigenvalue weighted by molar-refractivity contribution is 8.01. The Morgan fingerprint density at radius 3 is 2.45 bits per heavy atom. The molecule has 4 nitrogen and oxygen atoms in total. The van der Waals surface area contributed by atoms with E-state index in [1.54, 1.807) is 26.0 Å². The first-order valence-electron chi connectivity index (χ1n) is 6.74. The molecule has 0 bridgehead atoms. The Morgan fingerprint density at radius 2 is 1.95 bits per heavy atom. The van der Waals surface area contributed by atoms with Crippen molar-refractivity contribution in [3.8, 4) is 0 Å². The maximum atomic E-state index is 12.5. The lowest BCUT2D eigenvalue weighted by molar-refractivity contribution is 0.551. The molecular weight excluding hydrogens is 292 g/mol. The van der Waals surface area contributed by atoms with Crippen molar-refractivity contribution in [3.63, 3.8) is 0 Å². The van der Waals surface area contributed by atoms with Crippen LogP contribution in [0.4, 0.5) is 5.69 Å². The predicted molar refractivity (Wildman–Crippen MR) is 85.6 cm³/mol. The molecule has 1 aliphatic rings. The van der Waals surface area contributed by atoms with Crippen LogP contribution in [-0.2, 0) is 10.0 Å². The number of hydrogen-bond donors (Lipinski definition) is 2. The summed E-state index contributed by atoms with van der Waals surface area (Å²) in [6, 6.07) is 3.40. The molecular formula is C14H22N2O2S2. The van der Waals surface area contributed by atoms with E-state index in [4.69, 9.17) is 5.73 Å². The molecule has 1 fully saturated rings. The van der Waals surface area contributed by atoms with Gasteiger partial charge < -0.3 is 5.73 Å². The van der Waals surface area contributed by atoms with Crippen molar-refractivity contribution in [2.75, 3.05) is 18.0 Å². The number of benzene rings is 1. The lowest BCUT2D eigenvalue weighted by atomic mass is 10.1. The molecule has 2 rings (SSSR count). The van der Waals surface area contributed by atoms with Gasteiger partial charge in [0.2, 0.25) is 10.0 Å². The zero-order chi connectivity index (χ0) is 15.0. The van der Waals surface area contributed by atoms with E-state index in [2.05, 4.69) is 11.6 Å². The maximum Gasteiger partial charge on any atom is 0.241 e. The molecule has 1 aliphatic heterocycles. The molecule has 0 radical (unpaired) electrons. The van der Waals surface area contributed by atoms with Crippen molar-refractivity contribution in [2.24, 2.45) is 0 Å². The SMILES string of the molecule is Cc1cc(N)cc(C)c1S(=O)(=O)NCC1(C)CCCS1. The van der Waals surface area contributed by atoms with E-state index >= 15 is 0 Å². The highest BCUT2D eigenvalue weighted by Crippen LogP contribution is 2.37. The summed E-state index contributed by atoms with van der Waals surface area (Å²) in [4.78, 5) is 0.360. The molecule has 1 aromatic rings. The molecule has 6 heteroatoms. The van der Waals surface area contributed by atoms with Crippen LogP contribution in [0.15, 0.2) is 17.0 Å². The van der Waals surface area contributed by atoms with Crippen LogP contribution in [0.25, 0.3) is 0 Å². The number of rotatable bonds is 4. The normalized spacial score (nSPS) is 23.1. The van der Waals surface area contributed by atoms with E-state index in [9.17, 15) is 8.42 Å². The first kappa shape index (κ1) is 15.7. The minimum Gasteiger partial charge on any atom is -0.399 e. The van der Waals surface area contributed by atoms with Crippen molar-refractivity contribution in [2.45, 2.75) is 43.3 Å². The molecule has 3 N–H and O–H groups in total. The van der Waals surface area contributed by atoms with Crippen LogP contribution in [0.3, 0.4) is 0 Å². The van der Waals surface area contributed by atoms with Gasteiger partial charge in [-0.3, -0.25) is 0 Å². The fourth-order valence-corrected chi connectivity index (χ4v) is 5.66. The van der Waals surface area contributed by atoms with Crippen LogP contribution in [-0.4, -0.2) is 25.5 Å². The van der Waals surface area contributed by atoms with Gasteiger partial charge in [-0.25, -0.2) is 13.1 Å². The second kappa shape index (κ2) is 5.58. The number of nitrogen functional groups attached to an aromatic ring is 1. The number of sulfonamides is 1. The highest BCUT2D eigenvalue weighted by atomic mass is 32.2.